The third-order valence-electron chi connectivity index (χ3n) is 6.85. The number of esters is 1. The van der Waals surface area contributed by atoms with Crippen LogP contribution in [0.25, 0.3) is 0 Å². The van der Waals surface area contributed by atoms with E-state index in [0.29, 0.717) is 44.1 Å². The fourth-order valence-corrected chi connectivity index (χ4v) is 5.08. The van der Waals surface area contributed by atoms with Gasteiger partial charge >= 0.3 is 12.3 Å². The predicted molar refractivity (Wildman–Crippen MR) is 135 cm³/mol. The number of likely N-dealkylation sites (tertiary alicyclic amines) is 1. The molecule has 0 bridgehead atoms. The van der Waals surface area contributed by atoms with Gasteiger partial charge in [0.15, 0.2) is 6.10 Å². The van der Waals surface area contributed by atoms with Crippen LogP contribution in [0.15, 0.2) is 48.5 Å². The Morgan fingerprint density at radius 3 is 2.21 bits per heavy atom. The van der Waals surface area contributed by atoms with Crippen molar-refractivity contribution in [2.75, 3.05) is 39.5 Å². The number of halogens is 3. The van der Waals surface area contributed by atoms with Gasteiger partial charge in [-0.05, 0) is 61.1 Å². The first-order valence-electron chi connectivity index (χ1n) is 13.1. The summed E-state index contributed by atoms with van der Waals surface area (Å²) in [6, 6.07) is 14.2. The monoisotopic (exact) mass is 536 g/mol. The molecule has 10 heteroatoms. The van der Waals surface area contributed by atoms with Gasteiger partial charge < -0.3 is 24.3 Å². The molecule has 1 aliphatic carbocycles. The van der Waals surface area contributed by atoms with Gasteiger partial charge in [-0.15, -0.1) is 13.2 Å². The van der Waals surface area contributed by atoms with Crippen LogP contribution in [0.2, 0.25) is 0 Å². The Bertz CT molecular complexity index is 1020. The van der Waals surface area contributed by atoms with Crippen LogP contribution in [0, 0.1) is 11.8 Å². The molecule has 2 aliphatic rings. The van der Waals surface area contributed by atoms with E-state index in [4.69, 9.17) is 14.2 Å². The van der Waals surface area contributed by atoms with Crippen LogP contribution >= 0.6 is 0 Å². The summed E-state index contributed by atoms with van der Waals surface area (Å²) in [6.45, 7) is 8.35. The Kier molecular flexibility index (Phi) is 9.51. The highest BCUT2D eigenvalue weighted by molar-refractivity contribution is 5.75. The number of ether oxygens (including phenoxy) is 4. The highest BCUT2D eigenvalue weighted by Crippen LogP contribution is 2.45. The van der Waals surface area contributed by atoms with Crippen molar-refractivity contribution >= 4 is 5.97 Å². The van der Waals surface area contributed by atoms with E-state index in [2.05, 4.69) is 15.0 Å². The highest BCUT2D eigenvalue weighted by Gasteiger charge is 2.55. The van der Waals surface area contributed by atoms with Crippen molar-refractivity contribution in [2.45, 2.75) is 45.3 Å². The maximum absolute atomic E-state index is 12.3. The Morgan fingerprint density at radius 1 is 0.974 bits per heavy atom. The molecular weight excluding hydrogens is 501 g/mol. The number of carbonyl (C=O) groups is 1. The SMILES string of the molecule is CCOC(=O)[C@@H](Cc1ccc(OCCN[C@H]2C3CN(Cc4ccc(OC(F)(F)F)cc4)C[C@@H]32)cc1)OCC. The van der Waals surface area contributed by atoms with Gasteiger partial charge in [0.2, 0.25) is 0 Å². The van der Waals surface area contributed by atoms with Crippen LogP contribution < -0.4 is 14.8 Å². The lowest BCUT2D eigenvalue weighted by molar-refractivity contribution is -0.274. The quantitative estimate of drug-likeness (QED) is 0.287. The van der Waals surface area contributed by atoms with Crippen LogP contribution in [-0.2, 0) is 27.2 Å². The van der Waals surface area contributed by atoms with Crippen LogP contribution in [-0.4, -0.2) is 68.8 Å². The fourth-order valence-electron chi connectivity index (χ4n) is 5.08. The van der Waals surface area contributed by atoms with E-state index < -0.39 is 12.5 Å². The molecule has 0 amide bonds. The van der Waals surface area contributed by atoms with E-state index in [-0.39, 0.29) is 11.7 Å². The molecule has 1 unspecified atom stereocenters. The number of carbonyl (C=O) groups excluding carboxylic acids is 1. The second-order valence-electron chi connectivity index (χ2n) is 9.59. The van der Waals surface area contributed by atoms with Crippen LogP contribution in [0.5, 0.6) is 11.5 Å². The molecule has 4 rings (SSSR count). The molecule has 1 aliphatic heterocycles. The third-order valence-corrected chi connectivity index (χ3v) is 6.85. The van der Waals surface area contributed by atoms with Gasteiger partial charge in [-0.3, -0.25) is 4.90 Å². The summed E-state index contributed by atoms with van der Waals surface area (Å²) in [7, 11) is 0. The summed E-state index contributed by atoms with van der Waals surface area (Å²) in [5.74, 6) is 1.42. The zero-order valence-corrected chi connectivity index (χ0v) is 21.7. The number of nitrogens with one attached hydrogen (secondary N) is 1. The molecule has 2 aromatic rings. The standard InChI is InChI=1S/C28H35F3N2O5/c1-3-35-25(27(34)36-4-2)15-19-5-9-21(10-6-19)37-14-13-32-26-23-17-33(18-24(23)26)16-20-7-11-22(12-8-20)38-28(29,30)31/h5-12,23-26,32H,3-4,13-18H2,1-2H3/t23-,24?,25+,26+/m0/s1. The van der Waals surface area contributed by atoms with E-state index in [1.807, 2.05) is 31.2 Å². The predicted octanol–water partition coefficient (Wildman–Crippen LogP) is 4.19. The minimum atomic E-state index is -4.67. The molecule has 2 aromatic carbocycles. The molecule has 0 spiro atoms. The van der Waals surface area contributed by atoms with Crippen LogP contribution in [0.1, 0.15) is 25.0 Å². The number of benzene rings is 2. The van der Waals surface area contributed by atoms with Crippen molar-refractivity contribution < 1.29 is 36.9 Å². The van der Waals surface area contributed by atoms with Crippen molar-refractivity contribution in [3.63, 3.8) is 0 Å². The normalized spacial score (nSPS) is 21.6. The summed E-state index contributed by atoms with van der Waals surface area (Å²) in [6.07, 6.45) is -4.83. The first-order chi connectivity index (χ1) is 18.3. The maximum atomic E-state index is 12.3. The highest BCUT2D eigenvalue weighted by atomic mass is 19.4. The van der Waals surface area contributed by atoms with Crippen molar-refractivity contribution in [2.24, 2.45) is 11.8 Å². The van der Waals surface area contributed by atoms with Gasteiger partial charge in [-0.1, -0.05) is 24.3 Å². The van der Waals surface area contributed by atoms with Gasteiger partial charge in [0.05, 0.1) is 6.61 Å². The minimum absolute atomic E-state index is 0.197. The summed E-state index contributed by atoms with van der Waals surface area (Å²) in [5.41, 5.74) is 1.95. The summed E-state index contributed by atoms with van der Waals surface area (Å²) < 4.78 is 57.3. The summed E-state index contributed by atoms with van der Waals surface area (Å²) in [5, 5.41) is 3.58. The molecule has 208 valence electrons. The lowest BCUT2D eigenvalue weighted by atomic mass is 10.1. The van der Waals surface area contributed by atoms with Gasteiger partial charge in [0.25, 0.3) is 0 Å². The molecule has 0 radical (unpaired) electrons. The number of rotatable bonds is 14. The van der Waals surface area contributed by atoms with Crippen molar-refractivity contribution in [3.05, 3.63) is 59.7 Å². The molecule has 7 nitrogen and oxygen atoms in total. The Balaban J connectivity index is 1.11. The number of piperidine rings is 1. The second-order valence-corrected chi connectivity index (χ2v) is 9.59. The Morgan fingerprint density at radius 2 is 1.61 bits per heavy atom. The number of hydrogen-bond donors (Lipinski definition) is 1. The van der Waals surface area contributed by atoms with Crippen molar-refractivity contribution in [1.82, 2.24) is 10.2 Å². The number of alkyl halides is 3. The average molecular weight is 537 g/mol. The molecule has 1 saturated carbocycles. The molecule has 4 atom stereocenters. The van der Waals surface area contributed by atoms with E-state index in [9.17, 15) is 18.0 Å². The van der Waals surface area contributed by atoms with Crippen LogP contribution in [0.4, 0.5) is 13.2 Å². The summed E-state index contributed by atoms with van der Waals surface area (Å²) >= 11 is 0. The Labute approximate surface area is 221 Å². The second kappa shape index (κ2) is 12.8. The molecule has 1 heterocycles. The van der Waals surface area contributed by atoms with E-state index in [1.165, 1.54) is 12.1 Å². The van der Waals surface area contributed by atoms with E-state index in [0.717, 1.165) is 43.1 Å². The van der Waals surface area contributed by atoms with Crippen molar-refractivity contribution in [1.29, 1.82) is 0 Å². The topological polar surface area (TPSA) is 69.3 Å². The molecule has 1 N–H and O–H groups in total. The van der Waals surface area contributed by atoms with E-state index in [1.54, 1.807) is 19.1 Å². The fraction of sp³-hybridized carbons (Fsp3) is 0.536. The molecular formula is C28H35F3N2O5. The molecule has 1 saturated heterocycles. The number of hydrogen-bond acceptors (Lipinski definition) is 7. The average Bonchev–Trinajstić information content (AvgIpc) is 3.32. The molecule has 38 heavy (non-hydrogen) atoms. The van der Waals surface area contributed by atoms with Gasteiger partial charge in [-0.2, -0.15) is 0 Å². The lowest BCUT2D eigenvalue weighted by Crippen LogP contribution is -2.33. The number of nitrogens with zero attached hydrogens (tertiary/aromatic N) is 1. The number of fused-ring (bicyclic) bond motifs is 1. The molecule has 2 fully saturated rings. The van der Waals surface area contributed by atoms with E-state index >= 15 is 0 Å². The molecule has 0 aromatic heterocycles. The first kappa shape index (κ1) is 28.2. The zero-order valence-electron chi connectivity index (χ0n) is 21.7. The maximum Gasteiger partial charge on any atom is 0.573 e. The first-order valence-corrected chi connectivity index (χ1v) is 13.1. The smallest absolute Gasteiger partial charge is 0.492 e. The minimum Gasteiger partial charge on any atom is -0.492 e. The largest absolute Gasteiger partial charge is 0.573 e. The Hall–Kier alpha value is -2.82. The van der Waals surface area contributed by atoms with Gasteiger partial charge in [0.1, 0.15) is 18.1 Å². The van der Waals surface area contributed by atoms with Gasteiger partial charge in [0, 0.05) is 45.2 Å². The van der Waals surface area contributed by atoms with Crippen molar-refractivity contribution in [3.8, 4) is 11.5 Å². The zero-order chi connectivity index (χ0) is 27.1. The lowest BCUT2D eigenvalue weighted by Gasteiger charge is -2.20. The van der Waals surface area contributed by atoms with Crippen LogP contribution in [0.3, 0.4) is 0 Å². The summed E-state index contributed by atoms with van der Waals surface area (Å²) in [4.78, 5) is 14.4. The third kappa shape index (κ3) is 8.09. The van der Waals surface area contributed by atoms with Gasteiger partial charge in [-0.25, -0.2) is 4.79 Å².